The van der Waals surface area contributed by atoms with E-state index < -0.39 is 34.8 Å². The highest BCUT2D eigenvalue weighted by atomic mass is 19.1. The molecule has 2 aromatic rings. The summed E-state index contributed by atoms with van der Waals surface area (Å²) in [6.45, 7) is 5.35. The highest BCUT2D eigenvalue weighted by Gasteiger charge is 2.73. The zero-order valence-electron chi connectivity index (χ0n) is 21.6. The van der Waals surface area contributed by atoms with Crippen molar-refractivity contribution < 1.29 is 28.2 Å². The molecule has 200 valence electrons. The second-order valence-corrected chi connectivity index (χ2v) is 11.3. The standard InChI is InChI=1S/C28H34F2N2O5/c1-14(2)7-18-21-22(18)28(9-16(28)12-36-3)13-32-11-19(24(33)25(34)23(32)26(21)37-4)27(35)31-10-15-5-6-17(29)8-20(15)30/h5-6,8,11,14,16,18,21-22,26,34H,7,9-10,12-13H2,1-4H3,(H,31,35)/t16-,18?,21?,22?,26?,28-/m1/s1. The number of amides is 1. The average Bonchev–Trinajstić information content (AvgIpc) is 3.73. The zero-order valence-corrected chi connectivity index (χ0v) is 21.6. The predicted molar refractivity (Wildman–Crippen MR) is 132 cm³/mol. The van der Waals surface area contributed by atoms with Gasteiger partial charge in [0.15, 0.2) is 5.75 Å². The van der Waals surface area contributed by atoms with Gasteiger partial charge in [-0.25, -0.2) is 8.78 Å². The number of carbonyl (C=O) groups excluding carboxylic acids is 1. The molecular weight excluding hydrogens is 482 g/mol. The van der Waals surface area contributed by atoms with Crippen molar-refractivity contribution in [2.24, 2.45) is 35.0 Å². The lowest BCUT2D eigenvalue weighted by molar-refractivity contribution is 0.0677. The molecule has 1 aromatic heterocycles. The molecule has 0 radical (unpaired) electrons. The fourth-order valence-electron chi connectivity index (χ4n) is 6.96. The van der Waals surface area contributed by atoms with Gasteiger partial charge in [-0.05, 0) is 53.9 Å². The van der Waals surface area contributed by atoms with E-state index in [0.717, 1.165) is 25.0 Å². The second kappa shape index (κ2) is 9.51. The van der Waals surface area contributed by atoms with Gasteiger partial charge in [0.2, 0.25) is 5.43 Å². The first-order chi connectivity index (χ1) is 17.6. The highest BCUT2D eigenvalue weighted by Crippen LogP contribution is 2.76. The van der Waals surface area contributed by atoms with Gasteiger partial charge in [-0.15, -0.1) is 0 Å². The smallest absolute Gasteiger partial charge is 0.257 e. The lowest BCUT2D eigenvalue weighted by atomic mass is 9.92. The van der Waals surface area contributed by atoms with Gasteiger partial charge in [-0.3, -0.25) is 9.59 Å². The highest BCUT2D eigenvalue weighted by molar-refractivity contribution is 5.94. The normalized spacial score (nSPS) is 29.5. The van der Waals surface area contributed by atoms with Crippen LogP contribution in [0.1, 0.15) is 54.4 Å². The number of aromatic nitrogens is 1. The van der Waals surface area contributed by atoms with E-state index >= 15 is 0 Å². The number of hydrogen-bond acceptors (Lipinski definition) is 5. The van der Waals surface area contributed by atoms with Crippen molar-refractivity contribution in [3.8, 4) is 5.75 Å². The van der Waals surface area contributed by atoms with Crippen molar-refractivity contribution in [1.29, 1.82) is 0 Å². The van der Waals surface area contributed by atoms with Crippen LogP contribution in [0.3, 0.4) is 0 Å². The van der Waals surface area contributed by atoms with Crippen LogP contribution in [-0.2, 0) is 22.6 Å². The van der Waals surface area contributed by atoms with E-state index in [2.05, 4.69) is 19.2 Å². The number of hydrogen-bond donors (Lipinski definition) is 2. The number of aromatic hydroxyl groups is 1. The van der Waals surface area contributed by atoms with Gasteiger partial charge < -0.3 is 24.5 Å². The lowest BCUT2D eigenvalue weighted by Crippen LogP contribution is -2.32. The molecule has 1 amide bonds. The van der Waals surface area contributed by atoms with E-state index in [1.807, 2.05) is 4.57 Å². The monoisotopic (exact) mass is 516 g/mol. The Bertz CT molecular complexity index is 1280. The second-order valence-electron chi connectivity index (χ2n) is 11.3. The summed E-state index contributed by atoms with van der Waals surface area (Å²) in [5.41, 5.74) is -0.566. The third-order valence-corrected chi connectivity index (χ3v) is 8.62. The molecule has 7 nitrogen and oxygen atoms in total. The van der Waals surface area contributed by atoms with Gasteiger partial charge >= 0.3 is 0 Å². The summed E-state index contributed by atoms with van der Waals surface area (Å²) in [4.78, 5) is 26.2. The molecule has 0 saturated heterocycles. The van der Waals surface area contributed by atoms with Crippen LogP contribution in [0.25, 0.3) is 0 Å². The largest absolute Gasteiger partial charge is 0.503 e. The molecule has 1 aliphatic heterocycles. The molecule has 4 unspecified atom stereocenters. The van der Waals surface area contributed by atoms with Crippen LogP contribution in [0, 0.1) is 46.6 Å². The molecule has 2 aliphatic carbocycles. The fourth-order valence-corrected chi connectivity index (χ4v) is 6.96. The van der Waals surface area contributed by atoms with Gasteiger partial charge in [0.25, 0.3) is 5.91 Å². The summed E-state index contributed by atoms with van der Waals surface area (Å²) in [5, 5.41) is 13.6. The van der Waals surface area contributed by atoms with Crippen molar-refractivity contribution in [3.05, 3.63) is 63.1 Å². The van der Waals surface area contributed by atoms with Crippen molar-refractivity contribution in [2.75, 3.05) is 20.8 Å². The predicted octanol–water partition coefficient (Wildman–Crippen LogP) is 4.02. The number of rotatable bonds is 8. The molecule has 2 saturated carbocycles. The van der Waals surface area contributed by atoms with E-state index in [-0.39, 0.29) is 29.0 Å². The summed E-state index contributed by atoms with van der Waals surface area (Å²) in [7, 11) is 3.29. The molecule has 0 bridgehead atoms. The molecule has 6 atom stereocenters. The van der Waals surface area contributed by atoms with E-state index in [1.165, 1.54) is 12.3 Å². The van der Waals surface area contributed by atoms with Crippen molar-refractivity contribution >= 4 is 5.91 Å². The number of methoxy groups -OCH3 is 2. The molecule has 37 heavy (non-hydrogen) atoms. The Kier molecular flexibility index (Phi) is 6.64. The molecule has 9 heteroatoms. The maximum atomic E-state index is 14.0. The molecule has 5 rings (SSSR count). The Morgan fingerprint density at radius 1 is 1.30 bits per heavy atom. The number of pyridine rings is 1. The van der Waals surface area contributed by atoms with Gasteiger partial charge in [0.1, 0.15) is 23.3 Å². The summed E-state index contributed by atoms with van der Waals surface area (Å²) in [6, 6.07) is 3.07. The number of benzene rings is 1. The van der Waals surface area contributed by atoms with E-state index in [0.29, 0.717) is 42.5 Å². The number of nitrogens with one attached hydrogen (secondary N) is 1. The molecular formula is C28H34F2N2O5. The molecule has 2 N–H and O–H groups in total. The zero-order chi connectivity index (χ0) is 26.6. The van der Waals surface area contributed by atoms with Crippen molar-refractivity contribution in [1.82, 2.24) is 9.88 Å². The van der Waals surface area contributed by atoms with Gasteiger partial charge in [-0.1, -0.05) is 19.9 Å². The molecule has 2 heterocycles. The summed E-state index contributed by atoms with van der Waals surface area (Å²) in [5.74, 6) is -0.875. The minimum Gasteiger partial charge on any atom is -0.503 e. The Balaban J connectivity index is 1.49. The third kappa shape index (κ3) is 4.36. The first-order valence-electron chi connectivity index (χ1n) is 12.8. The minimum absolute atomic E-state index is 0.0469. The topological polar surface area (TPSA) is 89.8 Å². The Morgan fingerprint density at radius 3 is 2.70 bits per heavy atom. The minimum atomic E-state index is -0.792. The SMILES string of the molecule is COC[C@H]1C[C@@]12Cn1cc(C(=O)NCc3ccc(F)cc3F)c(=O)c(O)c1C(OC)C1C(CC(C)C)C12. The van der Waals surface area contributed by atoms with Crippen LogP contribution >= 0.6 is 0 Å². The lowest BCUT2D eigenvalue weighted by Gasteiger charge is -2.24. The van der Waals surface area contributed by atoms with Crippen molar-refractivity contribution in [2.45, 2.75) is 45.9 Å². The third-order valence-electron chi connectivity index (χ3n) is 8.62. The van der Waals surface area contributed by atoms with Crippen molar-refractivity contribution in [3.63, 3.8) is 0 Å². The number of ether oxygens (including phenoxy) is 2. The Hall–Kier alpha value is -2.78. The van der Waals surface area contributed by atoms with E-state index in [4.69, 9.17) is 9.47 Å². The summed E-state index contributed by atoms with van der Waals surface area (Å²) in [6.07, 6.45) is 3.05. The first kappa shape index (κ1) is 25.9. The molecule has 1 aromatic carbocycles. The van der Waals surface area contributed by atoms with Crippen LogP contribution in [0.5, 0.6) is 5.75 Å². The number of carbonyl (C=O) groups is 1. The van der Waals surface area contributed by atoms with E-state index in [1.54, 1.807) is 14.2 Å². The van der Waals surface area contributed by atoms with Crippen LogP contribution in [0.15, 0.2) is 29.2 Å². The average molecular weight is 517 g/mol. The van der Waals surface area contributed by atoms with E-state index in [9.17, 15) is 23.5 Å². The number of nitrogens with zero attached hydrogens (tertiary/aromatic N) is 1. The Morgan fingerprint density at radius 2 is 2.05 bits per heavy atom. The molecule has 1 spiro atoms. The summed E-state index contributed by atoms with van der Waals surface area (Å²) < 4.78 is 40.5. The molecule has 3 aliphatic rings. The number of halogens is 2. The first-order valence-corrected chi connectivity index (χ1v) is 12.8. The number of fused-ring (bicyclic) bond motifs is 3. The van der Waals surface area contributed by atoms with Gasteiger partial charge in [-0.2, -0.15) is 0 Å². The Labute approximate surface area is 214 Å². The summed E-state index contributed by atoms with van der Waals surface area (Å²) >= 11 is 0. The van der Waals surface area contributed by atoms with Gasteiger partial charge in [0.05, 0.1) is 5.69 Å². The van der Waals surface area contributed by atoms with Crippen LogP contribution in [0.2, 0.25) is 0 Å². The van der Waals surface area contributed by atoms with Crippen LogP contribution < -0.4 is 10.7 Å². The van der Waals surface area contributed by atoms with Crippen LogP contribution in [-0.4, -0.2) is 36.4 Å². The van der Waals surface area contributed by atoms with Gasteiger partial charge in [0, 0.05) is 51.7 Å². The van der Waals surface area contributed by atoms with Crippen LogP contribution in [0.4, 0.5) is 8.78 Å². The quantitative estimate of drug-likeness (QED) is 0.553. The maximum absolute atomic E-state index is 14.0. The fraction of sp³-hybridized carbons (Fsp3) is 0.571. The maximum Gasteiger partial charge on any atom is 0.257 e. The molecule has 2 fully saturated rings.